The lowest BCUT2D eigenvalue weighted by Gasteiger charge is -2.21. The van der Waals surface area contributed by atoms with Gasteiger partial charge in [0.15, 0.2) is 0 Å². The van der Waals surface area contributed by atoms with Gasteiger partial charge in [-0.3, -0.25) is 19.6 Å². The van der Waals surface area contributed by atoms with Gasteiger partial charge in [0.1, 0.15) is 28.5 Å². The van der Waals surface area contributed by atoms with E-state index in [-0.39, 0.29) is 47.2 Å². The summed E-state index contributed by atoms with van der Waals surface area (Å²) in [7, 11) is 0. The summed E-state index contributed by atoms with van der Waals surface area (Å²) in [4.78, 5) is 36.3. The number of amides is 1. The number of nitrogens with one attached hydrogen (secondary N) is 3. The molecule has 1 amide bonds. The number of piperidine rings is 1. The van der Waals surface area contributed by atoms with Crippen molar-refractivity contribution < 1.29 is 18.3 Å². The zero-order valence-electron chi connectivity index (χ0n) is 19.7. The van der Waals surface area contributed by atoms with Gasteiger partial charge in [0.05, 0.1) is 24.1 Å². The summed E-state index contributed by atoms with van der Waals surface area (Å²) in [5.41, 5.74) is 2.22. The van der Waals surface area contributed by atoms with Crippen LogP contribution in [-0.4, -0.2) is 33.9 Å². The summed E-state index contributed by atoms with van der Waals surface area (Å²) in [5.74, 6) is -1.13. The Morgan fingerprint density at radius 2 is 1.92 bits per heavy atom. The number of pyridine rings is 1. The van der Waals surface area contributed by atoms with E-state index in [2.05, 4.69) is 41.5 Å². The highest BCUT2D eigenvalue weighted by atomic mass is 79.9. The number of halogens is 3. The molecule has 0 radical (unpaired) electrons. The largest absolute Gasteiger partial charge is 0.487 e. The predicted molar refractivity (Wildman–Crippen MR) is 132 cm³/mol. The van der Waals surface area contributed by atoms with E-state index in [9.17, 15) is 18.4 Å². The number of aromatic amines is 1. The molecule has 0 unspecified atom stereocenters. The fraction of sp³-hybridized carbons (Fsp3) is 0.360. The van der Waals surface area contributed by atoms with Gasteiger partial charge in [-0.15, -0.1) is 0 Å². The molecule has 190 valence electrons. The minimum absolute atomic E-state index is 0.0157. The maximum atomic E-state index is 14.1. The van der Waals surface area contributed by atoms with E-state index in [4.69, 9.17) is 4.74 Å². The Morgan fingerprint density at radius 1 is 1.19 bits per heavy atom. The van der Waals surface area contributed by atoms with Crippen LogP contribution in [0.25, 0.3) is 0 Å². The first kappa shape index (κ1) is 25.9. The van der Waals surface area contributed by atoms with Gasteiger partial charge in [0.25, 0.3) is 5.56 Å². The number of rotatable bonds is 8. The first-order valence-electron chi connectivity index (χ1n) is 11.6. The molecule has 1 saturated heterocycles. The molecule has 8 nitrogen and oxygen atoms in total. The van der Waals surface area contributed by atoms with Crippen molar-refractivity contribution in [1.82, 2.24) is 25.6 Å². The van der Waals surface area contributed by atoms with Crippen LogP contribution in [-0.2, 0) is 24.4 Å². The number of aryl methyl sites for hydroxylation is 1. The molecule has 3 N–H and O–H groups in total. The van der Waals surface area contributed by atoms with E-state index in [0.717, 1.165) is 38.1 Å². The Bertz CT molecular complexity index is 1290. The monoisotopic (exact) mass is 561 g/mol. The Kier molecular flexibility index (Phi) is 8.42. The third-order valence-electron chi connectivity index (χ3n) is 6.08. The van der Waals surface area contributed by atoms with Gasteiger partial charge in [-0.2, -0.15) is 0 Å². The third-order valence-corrected chi connectivity index (χ3v) is 6.80. The molecule has 36 heavy (non-hydrogen) atoms. The Morgan fingerprint density at radius 3 is 2.61 bits per heavy atom. The van der Waals surface area contributed by atoms with Gasteiger partial charge in [-0.1, -0.05) is 0 Å². The predicted octanol–water partition coefficient (Wildman–Crippen LogP) is 3.30. The van der Waals surface area contributed by atoms with E-state index < -0.39 is 17.2 Å². The van der Waals surface area contributed by atoms with Crippen LogP contribution in [0.4, 0.5) is 8.78 Å². The Balaban J connectivity index is 1.45. The maximum absolute atomic E-state index is 14.1. The van der Waals surface area contributed by atoms with Crippen LogP contribution >= 0.6 is 15.9 Å². The van der Waals surface area contributed by atoms with Crippen LogP contribution in [0, 0.1) is 24.5 Å². The number of benzene rings is 1. The molecule has 0 aliphatic carbocycles. The van der Waals surface area contributed by atoms with Crippen molar-refractivity contribution in [1.29, 1.82) is 0 Å². The molecule has 0 atom stereocenters. The quantitative estimate of drug-likeness (QED) is 0.389. The van der Waals surface area contributed by atoms with E-state index in [1.54, 1.807) is 19.3 Å². The van der Waals surface area contributed by atoms with Crippen LogP contribution in [0.3, 0.4) is 0 Å². The number of nitrogens with zero attached hydrogens (tertiary/aromatic N) is 2. The lowest BCUT2D eigenvalue weighted by Crippen LogP contribution is -2.38. The van der Waals surface area contributed by atoms with Gasteiger partial charge in [0.2, 0.25) is 5.91 Å². The fourth-order valence-electron chi connectivity index (χ4n) is 4.01. The van der Waals surface area contributed by atoms with Gasteiger partial charge < -0.3 is 20.4 Å². The highest BCUT2D eigenvalue weighted by Gasteiger charge is 2.21. The van der Waals surface area contributed by atoms with Crippen LogP contribution in [0.15, 0.2) is 39.9 Å². The van der Waals surface area contributed by atoms with Crippen molar-refractivity contribution >= 4 is 21.8 Å². The van der Waals surface area contributed by atoms with Crippen molar-refractivity contribution in [3.05, 3.63) is 85.3 Å². The highest BCUT2D eigenvalue weighted by Crippen LogP contribution is 2.30. The summed E-state index contributed by atoms with van der Waals surface area (Å²) in [5, 5.41) is 6.16. The summed E-state index contributed by atoms with van der Waals surface area (Å²) >= 11 is 3.26. The number of hydrogen-bond donors (Lipinski definition) is 3. The molecular weight excluding hydrogens is 536 g/mol. The molecule has 1 aliphatic rings. The van der Waals surface area contributed by atoms with E-state index in [1.807, 2.05) is 0 Å². The van der Waals surface area contributed by atoms with Crippen molar-refractivity contribution in [2.24, 2.45) is 5.92 Å². The minimum Gasteiger partial charge on any atom is -0.487 e. The molecule has 1 fully saturated rings. The first-order valence-corrected chi connectivity index (χ1v) is 12.4. The zero-order valence-corrected chi connectivity index (χ0v) is 21.3. The number of aromatic nitrogens is 3. The van der Waals surface area contributed by atoms with Gasteiger partial charge >= 0.3 is 0 Å². The van der Waals surface area contributed by atoms with Crippen molar-refractivity contribution in [2.45, 2.75) is 39.3 Å². The smallest absolute Gasteiger partial charge is 0.266 e. The van der Waals surface area contributed by atoms with Crippen LogP contribution < -0.4 is 20.9 Å². The van der Waals surface area contributed by atoms with Gasteiger partial charge in [0, 0.05) is 41.4 Å². The van der Waals surface area contributed by atoms with Crippen LogP contribution in [0.2, 0.25) is 0 Å². The second-order valence-corrected chi connectivity index (χ2v) is 9.44. The summed E-state index contributed by atoms with van der Waals surface area (Å²) in [6.45, 7) is 3.51. The molecule has 4 rings (SSSR count). The first-order chi connectivity index (χ1) is 17.3. The average Bonchev–Trinajstić information content (AvgIpc) is 2.88. The molecule has 2 aromatic heterocycles. The minimum atomic E-state index is -0.733. The van der Waals surface area contributed by atoms with Crippen molar-refractivity contribution in [2.75, 3.05) is 13.1 Å². The number of carbonyl (C=O) groups is 1. The molecule has 11 heteroatoms. The highest BCUT2D eigenvalue weighted by molar-refractivity contribution is 9.10. The lowest BCUT2D eigenvalue weighted by molar-refractivity contribution is -0.125. The average molecular weight is 562 g/mol. The van der Waals surface area contributed by atoms with Crippen LogP contribution in [0.5, 0.6) is 5.75 Å². The fourth-order valence-corrected chi connectivity index (χ4v) is 4.46. The summed E-state index contributed by atoms with van der Waals surface area (Å²) in [6, 6.07) is 3.22. The standard InChI is InChI=1S/C25H26BrF2N5O3/c1-14-20(23(22(26)25(35)33-14)36-13-16-2-3-17(27)8-21(16)28)9-18-10-31-19(11-30-18)12-32-24(34)15-4-6-29-7-5-15/h2-3,8,10-11,15,29H,4-7,9,12-13H2,1H3,(H,32,34)(H,33,35). The Labute approximate surface area is 215 Å². The molecular formula is C25H26BrF2N5O3. The van der Waals surface area contributed by atoms with Gasteiger partial charge in [-0.05, 0) is 60.9 Å². The summed E-state index contributed by atoms with van der Waals surface area (Å²) in [6.07, 6.45) is 5.14. The Hall–Kier alpha value is -3.18. The number of ether oxygens (including phenoxy) is 1. The molecule has 0 saturated carbocycles. The molecule has 3 aromatic rings. The number of H-pyrrole nitrogens is 1. The van der Waals surface area contributed by atoms with E-state index in [0.29, 0.717) is 22.6 Å². The SMILES string of the molecule is Cc1[nH]c(=O)c(Br)c(OCc2ccc(F)cc2F)c1Cc1cnc(CNC(=O)C2CCNCC2)cn1. The second kappa shape index (κ2) is 11.7. The maximum Gasteiger partial charge on any atom is 0.266 e. The number of hydrogen-bond acceptors (Lipinski definition) is 6. The topological polar surface area (TPSA) is 109 Å². The normalized spacial score (nSPS) is 14.0. The van der Waals surface area contributed by atoms with E-state index in [1.165, 1.54) is 6.07 Å². The molecule has 0 spiro atoms. The third kappa shape index (κ3) is 6.33. The molecule has 0 bridgehead atoms. The molecule has 3 heterocycles. The van der Waals surface area contributed by atoms with Crippen molar-refractivity contribution in [3.63, 3.8) is 0 Å². The zero-order chi connectivity index (χ0) is 25.7. The van der Waals surface area contributed by atoms with Crippen LogP contribution in [0.1, 0.15) is 41.1 Å². The second-order valence-electron chi connectivity index (χ2n) is 8.64. The molecule has 1 aromatic carbocycles. The van der Waals surface area contributed by atoms with Gasteiger partial charge in [-0.25, -0.2) is 8.78 Å². The van der Waals surface area contributed by atoms with Crippen molar-refractivity contribution in [3.8, 4) is 5.75 Å². The van der Waals surface area contributed by atoms with E-state index >= 15 is 0 Å². The summed E-state index contributed by atoms with van der Waals surface area (Å²) < 4.78 is 33.3. The molecule has 1 aliphatic heterocycles. The number of carbonyl (C=O) groups excluding carboxylic acids is 1. The lowest BCUT2D eigenvalue weighted by atomic mass is 9.97.